The molecule has 0 spiro atoms. The van der Waals surface area contributed by atoms with Crippen LogP contribution in [0.4, 0.5) is 0 Å². The third-order valence-electron chi connectivity index (χ3n) is 2.25. The van der Waals surface area contributed by atoms with Gasteiger partial charge in [0, 0.05) is 5.56 Å². The van der Waals surface area contributed by atoms with Crippen molar-refractivity contribution >= 4 is 23.6 Å². The Bertz CT molecular complexity index is 525. The van der Waals surface area contributed by atoms with Crippen LogP contribution < -0.4 is 0 Å². The van der Waals surface area contributed by atoms with Crippen LogP contribution in [0.1, 0.15) is 20.0 Å². The van der Waals surface area contributed by atoms with Gasteiger partial charge in [0.05, 0.1) is 10.4 Å². The Morgan fingerprint density at radius 3 is 2.44 bits per heavy atom. The number of hydrogen-bond acceptors (Lipinski definition) is 3. The minimum absolute atomic E-state index is 0.242. The number of carbonyl (C=O) groups is 2. The van der Waals surface area contributed by atoms with E-state index in [9.17, 15) is 9.59 Å². The summed E-state index contributed by atoms with van der Waals surface area (Å²) in [6.07, 6.45) is 0.811. The lowest BCUT2D eigenvalue weighted by atomic mass is 10.1. The first-order chi connectivity index (χ1) is 7.72. The molecule has 2 rings (SSSR count). The van der Waals surface area contributed by atoms with E-state index < -0.39 is 5.97 Å². The third kappa shape index (κ3) is 1.87. The summed E-state index contributed by atoms with van der Waals surface area (Å²) < 4.78 is 0. The van der Waals surface area contributed by atoms with Crippen LogP contribution in [0, 0.1) is 0 Å². The highest BCUT2D eigenvalue weighted by Gasteiger charge is 2.07. The van der Waals surface area contributed by atoms with E-state index in [0.29, 0.717) is 4.88 Å². The summed E-state index contributed by atoms with van der Waals surface area (Å²) in [6.45, 7) is 0. The van der Waals surface area contributed by atoms with Gasteiger partial charge in [0.25, 0.3) is 0 Å². The molecule has 0 aliphatic heterocycles. The number of rotatable bonds is 3. The number of carboxylic acids is 1. The fourth-order valence-electron chi connectivity index (χ4n) is 1.44. The number of benzene rings is 1. The molecule has 0 radical (unpaired) electrons. The highest BCUT2D eigenvalue weighted by molar-refractivity contribution is 7.12. The van der Waals surface area contributed by atoms with Gasteiger partial charge in [-0.2, -0.15) is 0 Å². The van der Waals surface area contributed by atoms with E-state index in [0.717, 1.165) is 17.4 Å². The summed E-state index contributed by atoms with van der Waals surface area (Å²) in [5.74, 6) is -0.951. The lowest BCUT2D eigenvalue weighted by Gasteiger charge is -2.00. The van der Waals surface area contributed by atoms with Gasteiger partial charge in [-0.05, 0) is 29.1 Å². The van der Waals surface area contributed by atoms with Gasteiger partial charge in [-0.15, -0.1) is 11.3 Å². The maximum Gasteiger partial charge on any atom is 0.335 e. The van der Waals surface area contributed by atoms with E-state index in [2.05, 4.69) is 0 Å². The minimum atomic E-state index is -0.951. The number of thiophene rings is 1. The van der Waals surface area contributed by atoms with Crippen LogP contribution in [0.3, 0.4) is 0 Å². The molecule has 3 nitrogen and oxygen atoms in total. The van der Waals surface area contributed by atoms with Crippen molar-refractivity contribution in [3.05, 3.63) is 46.2 Å². The number of aromatic carboxylic acids is 1. The van der Waals surface area contributed by atoms with Gasteiger partial charge in [-0.25, -0.2) is 4.79 Å². The molecule has 0 saturated heterocycles. The molecular weight excluding hydrogens is 224 g/mol. The van der Waals surface area contributed by atoms with Crippen molar-refractivity contribution in [2.24, 2.45) is 0 Å². The van der Waals surface area contributed by atoms with Crippen LogP contribution in [0.5, 0.6) is 0 Å². The quantitative estimate of drug-likeness (QED) is 0.828. The lowest BCUT2D eigenvalue weighted by molar-refractivity contribution is 0.0696. The van der Waals surface area contributed by atoms with Crippen molar-refractivity contribution < 1.29 is 14.7 Å². The molecule has 1 aromatic carbocycles. The topological polar surface area (TPSA) is 54.4 Å². The number of carbonyl (C=O) groups excluding carboxylic acids is 1. The Balaban J connectivity index is 2.42. The molecule has 1 N–H and O–H groups in total. The molecule has 0 bridgehead atoms. The SMILES string of the molecule is O=Cc1sccc1-c1ccc(C(=O)O)cc1. The van der Waals surface area contributed by atoms with Crippen LogP contribution in [0.2, 0.25) is 0 Å². The van der Waals surface area contributed by atoms with Gasteiger partial charge in [0.1, 0.15) is 0 Å². The summed E-state index contributed by atoms with van der Waals surface area (Å²) in [5.41, 5.74) is 1.94. The highest BCUT2D eigenvalue weighted by Crippen LogP contribution is 2.27. The molecule has 0 amide bonds. The van der Waals surface area contributed by atoms with Gasteiger partial charge < -0.3 is 5.11 Å². The van der Waals surface area contributed by atoms with E-state index in [1.807, 2.05) is 11.4 Å². The summed E-state index contributed by atoms with van der Waals surface area (Å²) in [7, 11) is 0. The van der Waals surface area contributed by atoms with Crippen molar-refractivity contribution in [2.75, 3.05) is 0 Å². The Morgan fingerprint density at radius 2 is 1.88 bits per heavy atom. The van der Waals surface area contributed by atoms with Gasteiger partial charge >= 0.3 is 5.97 Å². The van der Waals surface area contributed by atoms with E-state index in [-0.39, 0.29) is 5.56 Å². The molecule has 80 valence electrons. The molecule has 1 heterocycles. The summed E-state index contributed by atoms with van der Waals surface area (Å²) in [4.78, 5) is 22.1. The van der Waals surface area contributed by atoms with E-state index in [1.165, 1.54) is 23.5 Å². The molecule has 0 saturated carbocycles. The first kappa shape index (κ1) is 10.6. The summed E-state index contributed by atoms with van der Waals surface area (Å²) in [6, 6.07) is 8.33. The smallest absolute Gasteiger partial charge is 0.335 e. The maximum absolute atomic E-state index is 10.8. The molecule has 4 heteroatoms. The molecule has 0 fully saturated rings. The van der Waals surface area contributed by atoms with Gasteiger partial charge in [0.15, 0.2) is 6.29 Å². The molecule has 0 unspecified atom stereocenters. The largest absolute Gasteiger partial charge is 0.478 e. The second-order valence-electron chi connectivity index (χ2n) is 3.20. The normalized spacial score (nSPS) is 10.0. The number of carboxylic acid groups (broad SMARTS) is 1. The van der Waals surface area contributed by atoms with Crippen LogP contribution in [-0.4, -0.2) is 17.4 Å². The predicted octanol–water partition coefficient (Wildman–Crippen LogP) is 2.93. The fourth-order valence-corrected chi connectivity index (χ4v) is 2.16. The molecule has 16 heavy (non-hydrogen) atoms. The highest BCUT2D eigenvalue weighted by atomic mass is 32.1. The van der Waals surface area contributed by atoms with Crippen molar-refractivity contribution in [3.63, 3.8) is 0 Å². The zero-order chi connectivity index (χ0) is 11.5. The molecule has 0 aliphatic rings. The van der Waals surface area contributed by atoms with Crippen LogP contribution in [-0.2, 0) is 0 Å². The van der Waals surface area contributed by atoms with Gasteiger partial charge in [-0.1, -0.05) is 12.1 Å². The second kappa shape index (κ2) is 4.28. The Morgan fingerprint density at radius 1 is 1.19 bits per heavy atom. The zero-order valence-corrected chi connectivity index (χ0v) is 9.03. The molecule has 2 aromatic rings. The van der Waals surface area contributed by atoms with E-state index in [4.69, 9.17) is 5.11 Å². The van der Waals surface area contributed by atoms with Gasteiger partial charge in [0.2, 0.25) is 0 Å². The standard InChI is InChI=1S/C12H8O3S/c13-7-11-10(5-6-16-11)8-1-3-9(4-2-8)12(14)15/h1-7H,(H,14,15). The molecular formula is C12H8O3S. The van der Waals surface area contributed by atoms with Gasteiger partial charge in [-0.3, -0.25) is 4.79 Å². The minimum Gasteiger partial charge on any atom is -0.478 e. The summed E-state index contributed by atoms with van der Waals surface area (Å²) >= 11 is 1.37. The van der Waals surface area contributed by atoms with Crippen molar-refractivity contribution in [1.29, 1.82) is 0 Å². The second-order valence-corrected chi connectivity index (χ2v) is 4.15. The monoisotopic (exact) mass is 232 g/mol. The first-order valence-corrected chi connectivity index (χ1v) is 5.46. The fraction of sp³-hybridized carbons (Fsp3) is 0. The lowest BCUT2D eigenvalue weighted by Crippen LogP contribution is -1.95. The van der Waals surface area contributed by atoms with Crippen molar-refractivity contribution in [1.82, 2.24) is 0 Å². The number of hydrogen-bond donors (Lipinski definition) is 1. The Labute approximate surface area is 96.0 Å². The zero-order valence-electron chi connectivity index (χ0n) is 8.21. The maximum atomic E-state index is 10.8. The molecule has 0 aliphatic carbocycles. The van der Waals surface area contributed by atoms with E-state index in [1.54, 1.807) is 12.1 Å². The summed E-state index contributed by atoms with van der Waals surface area (Å²) in [5, 5.41) is 10.6. The molecule has 0 atom stereocenters. The van der Waals surface area contributed by atoms with E-state index >= 15 is 0 Å². The van der Waals surface area contributed by atoms with Crippen LogP contribution in [0.15, 0.2) is 35.7 Å². The van der Waals surface area contributed by atoms with Crippen molar-refractivity contribution in [3.8, 4) is 11.1 Å². The Kier molecular flexibility index (Phi) is 2.83. The van der Waals surface area contributed by atoms with Crippen LogP contribution >= 0.6 is 11.3 Å². The van der Waals surface area contributed by atoms with Crippen LogP contribution in [0.25, 0.3) is 11.1 Å². The first-order valence-electron chi connectivity index (χ1n) is 4.59. The third-order valence-corrected chi connectivity index (χ3v) is 3.09. The average Bonchev–Trinajstić information content (AvgIpc) is 2.77. The predicted molar refractivity (Wildman–Crippen MR) is 62.1 cm³/mol. The molecule has 1 aromatic heterocycles. The Hall–Kier alpha value is -1.94. The number of aldehydes is 1. The van der Waals surface area contributed by atoms with Crippen molar-refractivity contribution in [2.45, 2.75) is 0 Å². The average molecular weight is 232 g/mol.